The first-order chi connectivity index (χ1) is 20.3. The fourth-order valence-corrected chi connectivity index (χ4v) is 5.70. The molecule has 3 aromatic carbocycles. The molecule has 0 radical (unpaired) electrons. The summed E-state index contributed by atoms with van der Waals surface area (Å²) in [4.78, 5) is 55.4. The Bertz CT molecular complexity index is 1490. The van der Waals surface area contributed by atoms with E-state index in [9.17, 15) is 23.6 Å². The van der Waals surface area contributed by atoms with Crippen LogP contribution in [0.1, 0.15) is 52.7 Å². The first kappa shape index (κ1) is 29.1. The number of fused-ring (bicyclic) bond motifs is 1. The highest BCUT2D eigenvalue weighted by Crippen LogP contribution is 2.28. The van der Waals surface area contributed by atoms with Crippen molar-refractivity contribution in [3.63, 3.8) is 0 Å². The van der Waals surface area contributed by atoms with E-state index >= 15 is 0 Å². The standard InChI is InChI=1S/C33H35FN4O4/c1-22-11-12-27(26(34)19-22)36-32(42)33(15-17-35-18-16-33)37-31(41)28-20-24-9-5-6-10-25(24)21-38(28)30(40)14-13-29(39)23-7-3-2-4-8-23/h2-12,19,28,35H,13-18,20-21H2,1H3,(H,36,42)(H,37,41)/t28-/m0/s1. The smallest absolute Gasteiger partial charge is 0.250 e. The highest BCUT2D eigenvalue weighted by molar-refractivity contribution is 6.02. The van der Waals surface area contributed by atoms with Crippen molar-refractivity contribution in [2.75, 3.05) is 18.4 Å². The minimum atomic E-state index is -1.28. The second-order valence-electron chi connectivity index (χ2n) is 11.1. The molecule has 2 aliphatic heterocycles. The van der Waals surface area contributed by atoms with Gasteiger partial charge in [0, 0.05) is 31.4 Å². The van der Waals surface area contributed by atoms with Crippen LogP contribution in [0.2, 0.25) is 0 Å². The Morgan fingerprint density at radius 1 is 0.929 bits per heavy atom. The Kier molecular flexibility index (Phi) is 8.77. The van der Waals surface area contributed by atoms with Gasteiger partial charge >= 0.3 is 0 Å². The number of hydrogen-bond donors (Lipinski definition) is 3. The lowest BCUT2D eigenvalue weighted by atomic mass is 9.85. The Morgan fingerprint density at radius 3 is 2.33 bits per heavy atom. The van der Waals surface area contributed by atoms with Crippen molar-refractivity contribution >= 4 is 29.2 Å². The van der Waals surface area contributed by atoms with E-state index in [2.05, 4.69) is 16.0 Å². The Morgan fingerprint density at radius 2 is 1.62 bits per heavy atom. The van der Waals surface area contributed by atoms with Gasteiger partial charge in [-0.05, 0) is 61.7 Å². The van der Waals surface area contributed by atoms with E-state index in [-0.39, 0.29) is 43.2 Å². The average Bonchev–Trinajstić information content (AvgIpc) is 3.01. The fourth-order valence-electron chi connectivity index (χ4n) is 5.70. The van der Waals surface area contributed by atoms with Gasteiger partial charge in [0.15, 0.2) is 5.78 Å². The lowest BCUT2D eigenvalue weighted by Gasteiger charge is -2.41. The number of benzene rings is 3. The van der Waals surface area contributed by atoms with Crippen molar-refractivity contribution in [1.82, 2.24) is 15.5 Å². The lowest BCUT2D eigenvalue weighted by Crippen LogP contribution is -2.65. The summed E-state index contributed by atoms with van der Waals surface area (Å²) in [6, 6.07) is 20.1. The number of anilines is 1. The molecule has 42 heavy (non-hydrogen) atoms. The third kappa shape index (κ3) is 6.41. The van der Waals surface area contributed by atoms with E-state index in [0.717, 1.165) is 16.7 Å². The maximum atomic E-state index is 14.6. The molecular weight excluding hydrogens is 535 g/mol. The number of Topliss-reactive ketones (excluding diaryl/α,β-unsaturated/α-hetero) is 1. The quantitative estimate of drug-likeness (QED) is 0.356. The van der Waals surface area contributed by atoms with Crippen molar-refractivity contribution in [3.05, 3.63) is 101 Å². The van der Waals surface area contributed by atoms with Crippen LogP contribution in [0.3, 0.4) is 0 Å². The molecule has 1 atom stereocenters. The second kappa shape index (κ2) is 12.7. The van der Waals surface area contributed by atoms with Gasteiger partial charge in [0.2, 0.25) is 17.7 Å². The molecule has 0 aliphatic carbocycles. The summed E-state index contributed by atoms with van der Waals surface area (Å²) in [5, 5.41) is 8.87. The first-order valence-corrected chi connectivity index (χ1v) is 14.3. The van der Waals surface area contributed by atoms with E-state index in [1.807, 2.05) is 30.3 Å². The molecule has 2 heterocycles. The van der Waals surface area contributed by atoms with Crippen LogP contribution in [0.25, 0.3) is 0 Å². The van der Waals surface area contributed by atoms with Gasteiger partial charge in [0.05, 0.1) is 5.69 Å². The van der Waals surface area contributed by atoms with Crippen molar-refractivity contribution in [3.8, 4) is 0 Å². The van der Waals surface area contributed by atoms with Crippen LogP contribution in [-0.4, -0.2) is 53.1 Å². The molecule has 0 aromatic heterocycles. The van der Waals surface area contributed by atoms with Crippen LogP contribution in [-0.2, 0) is 27.3 Å². The van der Waals surface area contributed by atoms with Gasteiger partial charge < -0.3 is 20.9 Å². The minimum absolute atomic E-state index is 0.0233. The minimum Gasteiger partial charge on any atom is -0.340 e. The van der Waals surface area contributed by atoms with E-state index in [1.54, 1.807) is 37.3 Å². The Hall–Kier alpha value is -4.37. The number of nitrogens with one attached hydrogen (secondary N) is 3. The van der Waals surface area contributed by atoms with Crippen LogP contribution in [0.5, 0.6) is 0 Å². The number of hydrogen-bond acceptors (Lipinski definition) is 5. The Balaban J connectivity index is 1.36. The number of rotatable bonds is 8. The molecular formula is C33H35FN4O4. The highest BCUT2D eigenvalue weighted by atomic mass is 19.1. The zero-order valence-electron chi connectivity index (χ0n) is 23.6. The highest BCUT2D eigenvalue weighted by Gasteiger charge is 2.44. The summed E-state index contributed by atoms with van der Waals surface area (Å²) in [7, 11) is 0. The van der Waals surface area contributed by atoms with Gasteiger partial charge in [-0.3, -0.25) is 19.2 Å². The van der Waals surface area contributed by atoms with Crippen LogP contribution in [0.15, 0.2) is 72.8 Å². The number of carbonyl (C=O) groups excluding carboxylic acids is 4. The summed E-state index contributed by atoms with van der Waals surface area (Å²) >= 11 is 0. The predicted molar refractivity (Wildman–Crippen MR) is 157 cm³/mol. The summed E-state index contributed by atoms with van der Waals surface area (Å²) < 4.78 is 14.6. The largest absolute Gasteiger partial charge is 0.340 e. The van der Waals surface area contributed by atoms with E-state index < -0.39 is 29.2 Å². The van der Waals surface area contributed by atoms with Crippen LogP contribution in [0, 0.1) is 12.7 Å². The van der Waals surface area contributed by atoms with Crippen molar-refractivity contribution in [1.29, 1.82) is 0 Å². The molecule has 1 saturated heterocycles. The van der Waals surface area contributed by atoms with E-state index in [4.69, 9.17) is 0 Å². The number of nitrogens with zero attached hydrogens (tertiary/aromatic N) is 1. The van der Waals surface area contributed by atoms with Gasteiger partial charge in [-0.15, -0.1) is 0 Å². The molecule has 8 nitrogen and oxygen atoms in total. The van der Waals surface area contributed by atoms with Crippen molar-refractivity contribution in [2.24, 2.45) is 0 Å². The monoisotopic (exact) mass is 570 g/mol. The number of carbonyl (C=O) groups is 4. The maximum Gasteiger partial charge on any atom is 0.250 e. The third-order valence-electron chi connectivity index (χ3n) is 8.16. The molecule has 218 valence electrons. The molecule has 1 fully saturated rings. The van der Waals surface area contributed by atoms with Gasteiger partial charge in [-0.25, -0.2) is 4.39 Å². The zero-order valence-corrected chi connectivity index (χ0v) is 23.6. The number of ketones is 1. The van der Waals surface area contributed by atoms with E-state index in [0.29, 0.717) is 31.5 Å². The van der Waals surface area contributed by atoms with Gasteiger partial charge in [0.1, 0.15) is 17.4 Å². The average molecular weight is 571 g/mol. The molecule has 0 spiro atoms. The van der Waals surface area contributed by atoms with Crippen molar-refractivity contribution < 1.29 is 23.6 Å². The molecule has 0 unspecified atom stereocenters. The van der Waals surface area contributed by atoms with Crippen LogP contribution < -0.4 is 16.0 Å². The summed E-state index contributed by atoms with van der Waals surface area (Å²) in [5.41, 5.74) is 1.91. The summed E-state index contributed by atoms with van der Waals surface area (Å²) in [6.07, 6.45) is 0.877. The second-order valence-corrected chi connectivity index (χ2v) is 11.1. The van der Waals surface area contributed by atoms with Crippen LogP contribution >= 0.6 is 0 Å². The third-order valence-corrected chi connectivity index (χ3v) is 8.16. The molecule has 0 saturated carbocycles. The number of amides is 3. The van der Waals surface area contributed by atoms with Gasteiger partial charge in [0.25, 0.3) is 0 Å². The van der Waals surface area contributed by atoms with Gasteiger partial charge in [-0.1, -0.05) is 60.7 Å². The normalized spacial score (nSPS) is 17.6. The molecule has 3 N–H and O–H groups in total. The predicted octanol–water partition coefficient (Wildman–Crippen LogP) is 3.93. The lowest BCUT2D eigenvalue weighted by molar-refractivity contribution is -0.143. The SMILES string of the molecule is Cc1ccc(NC(=O)C2(NC(=O)[C@@H]3Cc4ccccc4CN3C(=O)CCC(=O)c3ccccc3)CCNCC2)c(F)c1. The van der Waals surface area contributed by atoms with E-state index in [1.165, 1.54) is 17.0 Å². The van der Waals surface area contributed by atoms with Gasteiger partial charge in [-0.2, -0.15) is 0 Å². The first-order valence-electron chi connectivity index (χ1n) is 14.3. The maximum absolute atomic E-state index is 14.6. The topological polar surface area (TPSA) is 108 Å². The molecule has 2 aliphatic rings. The molecule has 3 aromatic rings. The molecule has 5 rings (SSSR count). The van der Waals surface area contributed by atoms with Crippen LogP contribution in [0.4, 0.5) is 10.1 Å². The summed E-state index contributed by atoms with van der Waals surface area (Å²) in [5.74, 6) is -1.95. The number of aryl methyl sites for hydroxylation is 1. The summed E-state index contributed by atoms with van der Waals surface area (Å²) in [6.45, 7) is 2.96. The number of halogens is 1. The molecule has 3 amide bonds. The van der Waals surface area contributed by atoms with Crippen molar-refractivity contribution in [2.45, 2.75) is 57.2 Å². The zero-order chi connectivity index (χ0) is 29.7. The fraction of sp³-hybridized carbons (Fsp3) is 0.333. The molecule has 9 heteroatoms. The molecule has 0 bridgehead atoms. The Labute approximate surface area is 244 Å². The number of piperidine rings is 1.